The fourth-order valence-electron chi connectivity index (χ4n) is 3.14. The van der Waals surface area contributed by atoms with Crippen LogP contribution in [0.5, 0.6) is 0 Å². The molecule has 4 rings (SSSR count). The Balaban J connectivity index is 1.38. The van der Waals surface area contributed by atoms with Gasteiger partial charge < -0.3 is 10.2 Å². The molecule has 3 aromatic rings. The molecule has 1 aromatic heterocycles. The van der Waals surface area contributed by atoms with Crippen molar-refractivity contribution in [1.82, 2.24) is 4.98 Å². The van der Waals surface area contributed by atoms with Gasteiger partial charge in [-0.2, -0.15) is 0 Å². The number of amides is 1. The Kier molecular flexibility index (Phi) is 4.72. The summed E-state index contributed by atoms with van der Waals surface area (Å²) in [6.45, 7) is 1.74. The summed E-state index contributed by atoms with van der Waals surface area (Å²) in [7, 11) is 0. The number of carbonyl (C=O) groups is 1. The number of aromatic nitrogens is 1. The highest BCUT2D eigenvalue weighted by molar-refractivity contribution is 9.10. The van der Waals surface area contributed by atoms with Gasteiger partial charge in [0.15, 0.2) is 5.13 Å². The summed E-state index contributed by atoms with van der Waals surface area (Å²) in [5, 5.41) is 4.09. The number of nitrogens with zero attached hydrogens (tertiary/aromatic N) is 2. The van der Waals surface area contributed by atoms with Crippen LogP contribution in [0.25, 0.3) is 10.2 Å². The molecule has 1 amide bonds. The lowest BCUT2D eigenvalue weighted by atomic mass is 9.96. The van der Waals surface area contributed by atoms with Crippen LogP contribution < -0.4 is 10.2 Å². The van der Waals surface area contributed by atoms with Crippen molar-refractivity contribution in [3.05, 3.63) is 53.0 Å². The number of rotatable bonds is 3. The van der Waals surface area contributed by atoms with Crippen LogP contribution >= 0.6 is 27.3 Å². The van der Waals surface area contributed by atoms with E-state index in [4.69, 9.17) is 4.98 Å². The first kappa shape index (κ1) is 16.5. The normalized spacial score (nSPS) is 15.5. The Labute approximate surface area is 159 Å². The molecule has 2 heterocycles. The second-order valence-electron chi connectivity index (χ2n) is 6.23. The third kappa shape index (κ3) is 3.70. The average molecular weight is 416 g/mol. The van der Waals surface area contributed by atoms with Crippen LogP contribution in [0.3, 0.4) is 0 Å². The molecule has 0 radical (unpaired) electrons. The highest BCUT2D eigenvalue weighted by Crippen LogP contribution is 2.31. The lowest BCUT2D eigenvalue weighted by molar-refractivity contribution is -0.120. The first-order valence-electron chi connectivity index (χ1n) is 8.36. The van der Waals surface area contributed by atoms with Gasteiger partial charge in [-0.25, -0.2) is 4.98 Å². The van der Waals surface area contributed by atoms with Gasteiger partial charge in [-0.05, 0) is 43.2 Å². The Bertz CT molecular complexity index is 869. The molecule has 0 unspecified atom stereocenters. The van der Waals surface area contributed by atoms with E-state index >= 15 is 0 Å². The molecule has 1 fully saturated rings. The topological polar surface area (TPSA) is 45.2 Å². The number of halogens is 1. The van der Waals surface area contributed by atoms with Gasteiger partial charge in [0.2, 0.25) is 5.91 Å². The van der Waals surface area contributed by atoms with Crippen molar-refractivity contribution < 1.29 is 4.79 Å². The Morgan fingerprint density at radius 1 is 1.16 bits per heavy atom. The Morgan fingerprint density at radius 2 is 1.96 bits per heavy atom. The number of thiazole rings is 1. The minimum absolute atomic E-state index is 0.0598. The SMILES string of the molecule is O=C(Nc1cccc(Br)c1)C1CCN(c2nc3ccccc3s2)CC1. The predicted molar refractivity (Wildman–Crippen MR) is 107 cm³/mol. The van der Waals surface area contributed by atoms with Crippen LogP contribution in [0.4, 0.5) is 10.8 Å². The van der Waals surface area contributed by atoms with E-state index in [1.165, 1.54) is 4.70 Å². The molecule has 1 aliphatic rings. The maximum Gasteiger partial charge on any atom is 0.227 e. The predicted octanol–water partition coefficient (Wildman–Crippen LogP) is 4.91. The number of hydrogen-bond acceptors (Lipinski definition) is 4. The Morgan fingerprint density at radius 3 is 2.72 bits per heavy atom. The molecule has 0 aliphatic carbocycles. The lowest BCUT2D eigenvalue weighted by Crippen LogP contribution is -2.38. The summed E-state index contributed by atoms with van der Waals surface area (Å²) in [5.41, 5.74) is 1.89. The maximum atomic E-state index is 12.5. The molecule has 1 aliphatic heterocycles. The van der Waals surface area contributed by atoms with Gasteiger partial charge in [-0.1, -0.05) is 45.5 Å². The molecule has 1 saturated heterocycles. The van der Waals surface area contributed by atoms with Gasteiger partial charge in [0.05, 0.1) is 10.2 Å². The third-order valence-corrected chi connectivity index (χ3v) is 6.10. The number of carbonyl (C=O) groups excluding carboxylic acids is 1. The smallest absolute Gasteiger partial charge is 0.227 e. The molecular weight excluding hydrogens is 398 g/mol. The van der Waals surface area contributed by atoms with Crippen LogP contribution in [0.15, 0.2) is 53.0 Å². The van der Waals surface area contributed by atoms with Crippen molar-refractivity contribution in [2.75, 3.05) is 23.3 Å². The number of anilines is 2. The van der Waals surface area contributed by atoms with Gasteiger partial charge in [-0.3, -0.25) is 4.79 Å². The summed E-state index contributed by atoms with van der Waals surface area (Å²) in [5.74, 6) is 0.173. The molecule has 6 heteroatoms. The van der Waals surface area contributed by atoms with Crippen molar-refractivity contribution in [2.24, 2.45) is 5.92 Å². The number of para-hydroxylation sites is 1. The van der Waals surface area contributed by atoms with E-state index in [9.17, 15) is 4.79 Å². The van der Waals surface area contributed by atoms with E-state index in [1.807, 2.05) is 42.5 Å². The fraction of sp³-hybridized carbons (Fsp3) is 0.263. The largest absolute Gasteiger partial charge is 0.348 e. The number of nitrogens with one attached hydrogen (secondary N) is 1. The summed E-state index contributed by atoms with van der Waals surface area (Å²) >= 11 is 5.16. The standard InChI is InChI=1S/C19H18BrN3OS/c20-14-4-3-5-15(12-14)21-18(24)13-8-10-23(11-9-13)19-22-16-6-1-2-7-17(16)25-19/h1-7,12-13H,8-11H2,(H,21,24). The van der Waals surface area contributed by atoms with E-state index in [-0.39, 0.29) is 11.8 Å². The molecule has 128 valence electrons. The fourth-order valence-corrected chi connectivity index (χ4v) is 4.56. The minimum Gasteiger partial charge on any atom is -0.348 e. The third-order valence-electron chi connectivity index (χ3n) is 4.51. The number of fused-ring (bicyclic) bond motifs is 1. The minimum atomic E-state index is 0.0598. The van der Waals surface area contributed by atoms with Crippen molar-refractivity contribution >= 4 is 54.2 Å². The molecule has 1 N–H and O–H groups in total. The molecule has 0 spiro atoms. The van der Waals surface area contributed by atoms with Gasteiger partial charge in [0, 0.05) is 29.2 Å². The summed E-state index contributed by atoms with van der Waals surface area (Å²) in [6.07, 6.45) is 1.71. The van der Waals surface area contributed by atoms with E-state index in [2.05, 4.69) is 32.2 Å². The average Bonchev–Trinajstić information content (AvgIpc) is 3.06. The lowest BCUT2D eigenvalue weighted by Gasteiger charge is -2.31. The van der Waals surface area contributed by atoms with E-state index in [1.54, 1.807) is 11.3 Å². The van der Waals surface area contributed by atoms with E-state index < -0.39 is 0 Å². The molecule has 0 atom stereocenters. The van der Waals surface area contributed by atoms with Crippen LogP contribution in [0, 0.1) is 5.92 Å². The summed E-state index contributed by atoms with van der Waals surface area (Å²) in [4.78, 5) is 19.5. The Hall–Kier alpha value is -1.92. The molecular formula is C19H18BrN3OS. The zero-order valence-corrected chi connectivity index (χ0v) is 16.0. The van der Waals surface area contributed by atoms with Gasteiger partial charge in [-0.15, -0.1) is 0 Å². The van der Waals surface area contributed by atoms with Crippen LogP contribution in [-0.4, -0.2) is 24.0 Å². The zero-order valence-electron chi connectivity index (χ0n) is 13.6. The molecule has 2 aromatic carbocycles. The highest BCUT2D eigenvalue weighted by atomic mass is 79.9. The van der Waals surface area contributed by atoms with E-state index in [0.29, 0.717) is 0 Å². The molecule has 4 nitrogen and oxygen atoms in total. The molecule has 25 heavy (non-hydrogen) atoms. The monoisotopic (exact) mass is 415 g/mol. The van der Waals surface area contributed by atoms with Crippen molar-refractivity contribution in [3.63, 3.8) is 0 Å². The number of benzene rings is 2. The number of piperidine rings is 1. The summed E-state index contributed by atoms with van der Waals surface area (Å²) in [6, 6.07) is 15.9. The summed E-state index contributed by atoms with van der Waals surface area (Å²) < 4.78 is 2.18. The van der Waals surface area contributed by atoms with Crippen molar-refractivity contribution in [2.45, 2.75) is 12.8 Å². The molecule has 0 bridgehead atoms. The van der Waals surface area contributed by atoms with Crippen LogP contribution in [-0.2, 0) is 4.79 Å². The first-order valence-corrected chi connectivity index (χ1v) is 9.97. The quantitative estimate of drug-likeness (QED) is 0.660. The second kappa shape index (κ2) is 7.14. The van der Waals surface area contributed by atoms with Crippen LogP contribution in [0.1, 0.15) is 12.8 Å². The molecule has 0 saturated carbocycles. The van der Waals surface area contributed by atoms with Gasteiger partial charge in [0.1, 0.15) is 0 Å². The van der Waals surface area contributed by atoms with Crippen molar-refractivity contribution in [3.8, 4) is 0 Å². The van der Waals surface area contributed by atoms with E-state index in [0.717, 1.165) is 46.7 Å². The van der Waals surface area contributed by atoms with Crippen molar-refractivity contribution in [1.29, 1.82) is 0 Å². The van der Waals surface area contributed by atoms with Gasteiger partial charge in [0.25, 0.3) is 0 Å². The number of hydrogen-bond donors (Lipinski definition) is 1. The maximum absolute atomic E-state index is 12.5. The highest BCUT2D eigenvalue weighted by Gasteiger charge is 2.26. The zero-order chi connectivity index (χ0) is 17.2. The van der Waals surface area contributed by atoms with Gasteiger partial charge >= 0.3 is 0 Å². The first-order chi connectivity index (χ1) is 12.2. The second-order valence-corrected chi connectivity index (χ2v) is 8.15. The van der Waals surface area contributed by atoms with Crippen LogP contribution in [0.2, 0.25) is 0 Å².